The molecule has 2 N–H and O–H groups in total. The Balaban J connectivity index is 1.52. The molecule has 7 nitrogen and oxygen atoms in total. The zero-order valence-electron chi connectivity index (χ0n) is 14.3. The molecule has 3 heterocycles. The van der Waals surface area contributed by atoms with Crippen molar-refractivity contribution >= 4 is 0 Å². The first-order valence-electron chi connectivity index (χ1n) is 8.56. The Labute approximate surface area is 142 Å². The van der Waals surface area contributed by atoms with E-state index in [-0.39, 0.29) is 5.75 Å². The summed E-state index contributed by atoms with van der Waals surface area (Å²) in [5.41, 5.74) is 1.62. The highest BCUT2D eigenvalue weighted by atomic mass is 16.5. The lowest BCUT2D eigenvalue weighted by molar-refractivity contribution is 0.176. The first kappa shape index (κ1) is 16.9. The molecule has 7 heteroatoms. The fourth-order valence-corrected chi connectivity index (χ4v) is 3.04. The van der Waals surface area contributed by atoms with Gasteiger partial charge in [-0.3, -0.25) is 9.88 Å². The highest BCUT2D eigenvalue weighted by Crippen LogP contribution is 2.17. The molecule has 24 heavy (non-hydrogen) atoms. The van der Waals surface area contributed by atoms with E-state index >= 15 is 0 Å². The highest BCUT2D eigenvalue weighted by molar-refractivity contribution is 5.27. The van der Waals surface area contributed by atoms with Crippen molar-refractivity contribution in [1.82, 2.24) is 25.3 Å². The lowest BCUT2D eigenvalue weighted by Crippen LogP contribution is -2.45. The predicted octanol–water partition coefficient (Wildman–Crippen LogP) is 1.80. The van der Waals surface area contributed by atoms with E-state index < -0.39 is 0 Å². The number of hydrogen-bond acceptors (Lipinski definition) is 7. The van der Waals surface area contributed by atoms with E-state index in [9.17, 15) is 5.11 Å². The Morgan fingerprint density at radius 2 is 2.25 bits per heavy atom. The maximum absolute atomic E-state index is 9.90. The number of hydrogen-bond donors (Lipinski definition) is 2. The van der Waals surface area contributed by atoms with Crippen LogP contribution in [0.3, 0.4) is 0 Å². The lowest BCUT2D eigenvalue weighted by atomic mass is 10.1. The molecule has 1 atom stereocenters. The van der Waals surface area contributed by atoms with Crippen molar-refractivity contribution in [2.45, 2.75) is 52.2 Å². The molecule has 3 rings (SSSR count). The Morgan fingerprint density at radius 1 is 1.38 bits per heavy atom. The van der Waals surface area contributed by atoms with E-state index in [2.05, 4.69) is 25.3 Å². The average Bonchev–Trinajstić information content (AvgIpc) is 3.03. The summed E-state index contributed by atoms with van der Waals surface area (Å²) in [7, 11) is 0. The monoisotopic (exact) mass is 331 g/mol. The van der Waals surface area contributed by atoms with E-state index in [4.69, 9.17) is 4.52 Å². The normalized spacial score (nSPS) is 18.8. The third-order valence-electron chi connectivity index (χ3n) is 4.33. The van der Waals surface area contributed by atoms with Crippen LogP contribution in [0.4, 0.5) is 0 Å². The van der Waals surface area contributed by atoms with Crippen LogP contribution >= 0.6 is 0 Å². The minimum Gasteiger partial charge on any atom is -0.506 e. The maximum atomic E-state index is 9.90. The van der Waals surface area contributed by atoms with Gasteiger partial charge in [0.05, 0.1) is 12.2 Å². The quantitative estimate of drug-likeness (QED) is 0.834. The summed E-state index contributed by atoms with van der Waals surface area (Å²) in [6, 6.07) is 3.89. The van der Waals surface area contributed by atoms with Crippen molar-refractivity contribution in [2.24, 2.45) is 0 Å². The van der Waals surface area contributed by atoms with E-state index in [0.717, 1.165) is 50.4 Å². The third-order valence-corrected chi connectivity index (χ3v) is 4.33. The Kier molecular flexibility index (Phi) is 5.42. The van der Waals surface area contributed by atoms with Crippen molar-refractivity contribution in [3.8, 4) is 5.75 Å². The van der Waals surface area contributed by atoms with E-state index in [1.807, 2.05) is 19.9 Å². The van der Waals surface area contributed by atoms with Gasteiger partial charge in [0.2, 0.25) is 5.89 Å². The number of aromatic hydroxyl groups is 1. The first-order chi connectivity index (χ1) is 11.6. The molecular weight excluding hydrogens is 306 g/mol. The second-order valence-corrected chi connectivity index (χ2v) is 6.33. The van der Waals surface area contributed by atoms with Crippen molar-refractivity contribution in [3.05, 3.63) is 35.2 Å². The zero-order chi connectivity index (χ0) is 16.9. The SMILES string of the molecule is CCc1nc(CN2CCCC(NCc3nc(C)ccc3O)C2)no1. The Morgan fingerprint density at radius 3 is 3.04 bits per heavy atom. The standard InChI is InChI=1S/C17H25N5O2/c1-3-17-20-16(21-24-17)11-22-8-4-5-13(10-22)18-9-14-15(23)7-6-12(2)19-14/h6-7,13,18,23H,3-5,8-11H2,1-2H3. The van der Waals surface area contributed by atoms with Crippen molar-refractivity contribution < 1.29 is 9.63 Å². The first-order valence-corrected chi connectivity index (χ1v) is 8.56. The topological polar surface area (TPSA) is 87.3 Å². The zero-order valence-corrected chi connectivity index (χ0v) is 14.3. The molecule has 130 valence electrons. The minimum absolute atomic E-state index is 0.250. The molecular formula is C17H25N5O2. The van der Waals surface area contributed by atoms with Gasteiger partial charge in [-0.2, -0.15) is 4.98 Å². The van der Waals surface area contributed by atoms with Crippen LogP contribution in [0.2, 0.25) is 0 Å². The van der Waals surface area contributed by atoms with E-state index in [1.54, 1.807) is 6.07 Å². The molecule has 2 aromatic rings. The number of likely N-dealkylation sites (tertiary alicyclic amines) is 1. The number of rotatable bonds is 6. The second kappa shape index (κ2) is 7.72. The summed E-state index contributed by atoms with van der Waals surface area (Å²) in [6.45, 7) is 7.21. The van der Waals surface area contributed by atoms with Gasteiger partial charge >= 0.3 is 0 Å². The third kappa shape index (κ3) is 4.30. The van der Waals surface area contributed by atoms with Gasteiger partial charge in [0.15, 0.2) is 5.82 Å². The molecule has 0 spiro atoms. The fourth-order valence-electron chi connectivity index (χ4n) is 3.04. The van der Waals surface area contributed by atoms with Crippen LogP contribution in [-0.4, -0.2) is 44.3 Å². The molecule has 1 saturated heterocycles. The summed E-state index contributed by atoms with van der Waals surface area (Å²) in [5.74, 6) is 1.70. The van der Waals surface area contributed by atoms with Crippen LogP contribution in [-0.2, 0) is 19.5 Å². The van der Waals surface area contributed by atoms with E-state index in [1.165, 1.54) is 0 Å². The predicted molar refractivity (Wildman–Crippen MR) is 89.5 cm³/mol. The summed E-state index contributed by atoms with van der Waals surface area (Å²) in [4.78, 5) is 11.1. The van der Waals surface area contributed by atoms with E-state index in [0.29, 0.717) is 24.2 Å². The summed E-state index contributed by atoms with van der Waals surface area (Å²) >= 11 is 0. The minimum atomic E-state index is 0.250. The smallest absolute Gasteiger partial charge is 0.226 e. The van der Waals surface area contributed by atoms with Gasteiger partial charge in [-0.25, -0.2) is 0 Å². The number of nitrogens with one attached hydrogen (secondary N) is 1. The van der Waals surface area contributed by atoms with Crippen LogP contribution < -0.4 is 5.32 Å². The van der Waals surface area contributed by atoms with Gasteiger partial charge in [0.1, 0.15) is 5.75 Å². The molecule has 0 amide bonds. The molecule has 1 fully saturated rings. The second-order valence-electron chi connectivity index (χ2n) is 6.33. The van der Waals surface area contributed by atoms with Gasteiger partial charge < -0.3 is 14.9 Å². The number of aromatic nitrogens is 3. The molecule has 0 aliphatic carbocycles. The molecule has 0 aromatic carbocycles. The number of pyridine rings is 1. The largest absolute Gasteiger partial charge is 0.506 e. The lowest BCUT2D eigenvalue weighted by Gasteiger charge is -2.32. The molecule has 0 saturated carbocycles. The van der Waals surface area contributed by atoms with Crippen LogP contribution in [0.15, 0.2) is 16.7 Å². The van der Waals surface area contributed by atoms with Crippen LogP contribution in [0, 0.1) is 6.92 Å². The van der Waals surface area contributed by atoms with Crippen LogP contribution in [0.5, 0.6) is 5.75 Å². The number of piperidine rings is 1. The Hall–Kier alpha value is -1.99. The molecule has 1 aliphatic heterocycles. The summed E-state index contributed by atoms with van der Waals surface area (Å²) in [6.07, 6.45) is 3.02. The fraction of sp³-hybridized carbons (Fsp3) is 0.588. The van der Waals surface area contributed by atoms with Crippen LogP contribution in [0.25, 0.3) is 0 Å². The molecule has 0 bridgehead atoms. The highest BCUT2D eigenvalue weighted by Gasteiger charge is 2.21. The van der Waals surface area contributed by atoms with Crippen molar-refractivity contribution in [2.75, 3.05) is 13.1 Å². The number of aryl methyl sites for hydroxylation is 2. The van der Waals surface area contributed by atoms with Gasteiger partial charge in [-0.15, -0.1) is 0 Å². The average molecular weight is 331 g/mol. The molecule has 1 unspecified atom stereocenters. The molecule has 2 aromatic heterocycles. The maximum Gasteiger partial charge on any atom is 0.226 e. The molecule has 1 aliphatic rings. The Bertz CT molecular complexity index is 673. The van der Waals surface area contributed by atoms with Crippen LogP contribution in [0.1, 0.15) is 42.9 Å². The summed E-state index contributed by atoms with van der Waals surface area (Å²) in [5, 5.41) is 17.4. The number of nitrogens with zero attached hydrogens (tertiary/aromatic N) is 4. The van der Waals surface area contributed by atoms with Gasteiger partial charge in [-0.1, -0.05) is 12.1 Å². The van der Waals surface area contributed by atoms with Crippen molar-refractivity contribution in [3.63, 3.8) is 0 Å². The van der Waals surface area contributed by atoms with Gasteiger partial charge in [0, 0.05) is 31.2 Å². The molecule has 0 radical (unpaired) electrons. The van der Waals surface area contributed by atoms with Gasteiger partial charge in [0.25, 0.3) is 0 Å². The van der Waals surface area contributed by atoms with Crippen molar-refractivity contribution in [1.29, 1.82) is 0 Å². The van der Waals surface area contributed by atoms with Gasteiger partial charge in [-0.05, 0) is 38.4 Å². The summed E-state index contributed by atoms with van der Waals surface area (Å²) < 4.78 is 5.17.